The van der Waals surface area contributed by atoms with Crippen LogP contribution in [0.3, 0.4) is 0 Å². The highest BCUT2D eigenvalue weighted by Crippen LogP contribution is 2.28. The van der Waals surface area contributed by atoms with Gasteiger partial charge in [0.15, 0.2) is 5.78 Å². The Morgan fingerprint density at radius 3 is 2.40 bits per heavy atom. The summed E-state index contributed by atoms with van der Waals surface area (Å²) in [7, 11) is 1.59. The number of allylic oxidation sites excluding steroid dienone is 1. The number of methoxy groups -OCH3 is 1. The Bertz CT molecular complexity index is 392. The van der Waals surface area contributed by atoms with Crippen molar-refractivity contribution in [3.63, 3.8) is 0 Å². The predicted molar refractivity (Wildman–Crippen MR) is 55.9 cm³/mol. The van der Waals surface area contributed by atoms with Crippen molar-refractivity contribution in [2.24, 2.45) is 0 Å². The summed E-state index contributed by atoms with van der Waals surface area (Å²) in [5.74, 6) is 0.246. The lowest BCUT2D eigenvalue weighted by atomic mass is 9.94. The molecule has 0 aromatic heterocycles. The zero-order valence-electron chi connectivity index (χ0n) is 8.38. The molecule has 3 heteroatoms. The molecule has 0 spiro atoms. The number of aliphatic hydroxyl groups is 1. The van der Waals surface area contributed by atoms with Gasteiger partial charge in [-0.25, -0.2) is 0 Å². The van der Waals surface area contributed by atoms with E-state index in [0.717, 1.165) is 11.3 Å². The van der Waals surface area contributed by atoms with Crippen molar-refractivity contribution in [2.75, 3.05) is 7.11 Å². The van der Waals surface area contributed by atoms with E-state index in [-0.39, 0.29) is 5.78 Å². The standard InChI is InChI=1S/C12H12O3/c1-15-9-4-2-8(3-5-9)12-10(13)6-7-11(12)14/h2-7,10,12-13H,1H3/t10-,12?/m0/s1. The second-order valence-electron chi connectivity index (χ2n) is 3.50. The van der Waals surface area contributed by atoms with Gasteiger partial charge in [-0.2, -0.15) is 0 Å². The quantitative estimate of drug-likeness (QED) is 0.789. The molecule has 0 aliphatic heterocycles. The lowest BCUT2D eigenvalue weighted by Gasteiger charge is -2.13. The van der Waals surface area contributed by atoms with Crippen LogP contribution in [-0.4, -0.2) is 24.1 Å². The van der Waals surface area contributed by atoms with Crippen molar-refractivity contribution in [1.29, 1.82) is 0 Å². The normalized spacial score (nSPS) is 24.5. The summed E-state index contributed by atoms with van der Waals surface area (Å²) in [6.07, 6.45) is 2.25. The largest absolute Gasteiger partial charge is 0.497 e. The lowest BCUT2D eigenvalue weighted by Crippen LogP contribution is -2.17. The van der Waals surface area contributed by atoms with Gasteiger partial charge in [-0.05, 0) is 23.8 Å². The van der Waals surface area contributed by atoms with Crippen LogP contribution in [0.5, 0.6) is 5.75 Å². The van der Waals surface area contributed by atoms with E-state index in [1.54, 1.807) is 31.4 Å². The molecule has 3 nitrogen and oxygen atoms in total. The third kappa shape index (κ3) is 1.78. The number of ketones is 1. The first-order valence-electron chi connectivity index (χ1n) is 4.76. The summed E-state index contributed by atoms with van der Waals surface area (Å²) in [5, 5.41) is 9.60. The Morgan fingerprint density at radius 2 is 1.93 bits per heavy atom. The van der Waals surface area contributed by atoms with E-state index in [2.05, 4.69) is 0 Å². The van der Waals surface area contributed by atoms with E-state index in [4.69, 9.17) is 4.74 Å². The Labute approximate surface area is 88.0 Å². The summed E-state index contributed by atoms with van der Waals surface area (Å²) in [5.41, 5.74) is 0.818. The Morgan fingerprint density at radius 1 is 1.27 bits per heavy atom. The second-order valence-corrected chi connectivity index (χ2v) is 3.50. The fourth-order valence-corrected chi connectivity index (χ4v) is 1.75. The molecule has 0 amide bonds. The minimum Gasteiger partial charge on any atom is -0.497 e. The SMILES string of the molecule is COc1ccc(C2C(=O)C=C[C@@H]2O)cc1. The zero-order valence-corrected chi connectivity index (χ0v) is 8.38. The molecular weight excluding hydrogens is 192 g/mol. The number of ether oxygens (including phenoxy) is 1. The van der Waals surface area contributed by atoms with E-state index in [0.29, 0.717) is 0 Å². The van der Waals surface area contributed by atoms with E-state index in [1.807, 2.05) is 0 Å². The average molecular weight is 204 g/mol. The molecule has 2 rings (SSSR count). The first kappa shape index (κ1) is 9.93. The third-order valence-corrected chi connectivity index (χ3v) is 2.58. The van der Waals surface area contributed by atoms with Gasteiger partial charge >= 0.3 is 0 Å². The first-order chi connectivity index (χ1) is 7.22. The first-order valence-corrected chi connectivity index (χ1v) is 4.76. The zero-order chi connectivity index (χ0) is 10.8. The summed E-state index contributed by atoms with van der Waals surface area (Å²) < 4.78 is 5.02. The third-order valence-electron chi connectivity index (χ3n) is 2.58. The highest BCUT2D eigenvalue weighted by Gasteiger charge is 2.29. The topological polar surface area (TPSA) is 46.5 Å². The van der Waals surface area contributed by atoms with Crippen LogP contribution >= 0.6 is 0 Å². The molecule has 1 N–H and O–H groups in total. The van der Waals surface area contributed by atoms with Crippen LogP contribution in [-0.2, 0) is 4.79 Å². The number of carbonyl (C=O) groups is 1. The molecule has 2 atom stereocenters. The molecule has 0 fully saturated rings. The minimum absolute atomic E-state index is 0.0485. The molecule has 1 aliphatic rings. The van der Waals surface area contributed by atoms with Crippen LogP contribution in [0.15, 0.2) is 36.4 Å². The molecule has 15 heavy (non-hydrogen) atoms. The van der Waals surface area contributed by atoms with Crippen LogP contribution in [0.2, 0.25) is 0 Å². The van der Waals surface area contributed by atoms with E-state index >= 15 is 0 Å². The van der Waals surface area contributed by atoms with Crippen LogP contribution in [0.4, 0.5) is 0 Å². The van der Waals surface area contributed by atoms with Crippen molar-refractivity contribution >= 4 is 5.78 Å². The number of aliphatic hydroxyl groups excluding tert-OH is 1. The minimum atomic E-state index is -0.703. The number of carbonyl (C=O) groups excluding carboxylic acids is 1. The molecule has 78 valence electrons. The highest BCUT2D eigenvalue weighted by molar-refractivity contribution is 5.98. The van der Waals surface area contributed by atoms with Crippen molar-refractivity contribution in [2.45, 2.75) is 12.0 Å². The molecule has 1 aliphatic carbocycles. The van der Waals surface area contributed by atoms with Gasteiger partial charge in [0.2, 0.25) is 0 Å². The van der Waals surface area contributed by atoms with Crippen molar-refractivity contribution in [1.82, 2.24) is 0 Å². The monoisotopic (exact) mass is 204 g/mol. The lowest BCUT2D eigenvalue weighted by molar-refractivity contribution is -0.116. The van der Waals surface area contributed by atoms with Gasteiger partial charge < -0.3 is 9.84 Å². The Kier molecular flexibility index (Phi) is 2.56. The highest BCUT2D eigenvalue weighted by atomic mass is 16.5. The number of benzene rings is 1. The maximum absolute atomic E-state index is 11.5. The Balaban J connectivity index is 2.26. The molecule has 0 saturated carbocycles. The Hall–Kier alpha value is -1.61. The number of rotatable bonds is 2. The smallest absolute Gasteiger partial charge is 0.165 e. The van der Waals surface area contributed by atoms with Gasteiger partial charge in [0.05, 0.1) is 19.1 Å². The summed E-state index contributed by atoms with van der Waals surface area (Å²) >= 11 is 0. The molecule has 0 heterocycles. The van der Waals surface area contributed by atoms with Crippen molar-refractivity contribution < 1.29 is 14.6 Å². The summed E-state index contributed by atoms with van der Waals surface area (Å²) in [6.45, 7) is 0. The maximum Gasteiger partial charge on any atom is 0.165 e. The van der Waals surface area contributed by atoms with Crippen LogP contribution in [0.25, 0.3) is 0 Å². The molecule has 0 bridgehead atoms. The van der Waals surface area contributed by atoms with Gasteiger partial charge in [-0.1, -0.05) is 18.2 Å². The molecule has 0 radical (unpaired) electrons. The van der Waals surface area contributed by atoms with Gasteiger partial charge in [0.1, 0.15) is 5.75 Å². The second kappa shape index (κ2) is 3.87. The van der Waals surface area contributed by atoms with Gasteiger partial charge in [-0.3, -0.25) is 4.79 Å². The van der Waals surface area contributed by atoms with Crippen LogP contribution < -0.4 is 4.74 Å². The fraction of sp³-hybridized carbons (Fsp3) is 0.250. The van der Waals surface area contributed by atoms with E-state index in [1.165, 1.54) is 12.2 Å². The van der Waals surface area contributed by atoms with Crippen molar-refractivity contribution in [3.05, 3.63) is 42.0 Å². The van der Waals surface area contributed by atoms with E-state index < -0.39 is 12.0 Å². The molecule has 1 aromatic rings. The molecule has 0 saturated heterocycles. The predicted octanol–water partition coefficient (Wildman–Crippen LogP) is 1.28. The van der Waals surface area contributed by atoms with Crippen LogP contribution in [0, 0.1) is 0 Å². The molecule has 1 unspecified atom stereocenters. The summed E-state index contributed by atoms with van der Waals surface area (Å²) in [4.78, 5) is 11.5. The van der Waals surface area contributed by atoms with Gasteiger partial charge in [-0.15, -0.1) is 0 Å². The van der Waals surface area contributed by atoms with Crippen LogP contribution in [0.1, 0.15) is 11.5 Å². The van der Waals surface area contributed by atoms with E-state index in [9.17, 15) is 9.90 Å². The number of hydrogen-bond acceptors (Lipinski definition) is 3. The average Bonchev–Trinajstić information content (AvgIpc) is 2.59. The molecule has 1 aromatic carbocycles. The fourth-order valence-electron chi connectivity index (χ4n) is 1.75. The number of hydrogen-bond donors (Lipinski definition) is 1. The summed E-state index contributed by atoms with van der Waals surface area (Å²) in [6, 6.07) is 7.18. The van der Waals surface area contributed by atoms with Gasteiger partial charge in [0, 0.05) is 0 Å². The van der Waals surface area contributed by atoms with Crippen molar-refractivity contribution in [3.8, 4) is 5.75 Å². The van der Waals surface area contributed by atoms with Gasteiger partial charge in [0.25, 0.3) is 0 Å². The maximum atomic E-state index is 11.5. The molecular formula is C12H12O3.